The highest BCUT2D eigenvalue weighted by Gasteiger charge is 2.27. The Hall–Kier alpha value is -2.68. The quantitative estimate of drug-likeness (QED) is 0.626. The van der Waals surface area contributed by atoms with E-state index in [9.17, 15) is 10.1 Å². The summed E-state index contributed by atoms with van der Waals surface area (Å²) >= 11 is 1.42. The van der Waals surface area contributed by atoms with E-state index in [1.165, 1.54) is 16.7 Å². The maximum atomic E-state index is 11.8. The van der Waals surface area contributed by atoms with Gasteiger partial charge in [0.25, 0.3) is 0 Å². The van der Waals surface area contributed by atoms with Crippen molar-refractivity contribution in [1.82, 2.24) is 0 Å². The Morgan fingerprint density at radius 1 is 1.19 bits per heavy atom. The smallest absolute Gasteiger partial charge is 0.160 e. The number of hydrogen-bond acceptors (Lipinski definition) is 5. The van der Waals surface area contributed by atoms with Crippen LogP contribution < -0.4 is 4.90 Å². The molecule has 0 radical (unpaired) electrons. The zero-order valence-corrected chi connectivity index (χ0v) is 16.0. The first kappa shape index (κ1) is 17.7. The van der Waals surface area contributed by atoms with Crippen LogP contribution >= 0.6 is 11.3 Å². The molecular weight excluding hydrogens is 356 g/mol. The molecule has 1 aliphatic rings. The highest BCUT2D eigenvalue weighted by Crippen LogP contribution is 2.41. The lowest BCUT2D eigenvalue weighted by molar-refractivity contribution is 0.112. The van der Waals surface area contributed by atoms with Crippen LogP contribution in [-0.4, -0.2) is 32.6 Å². The fourth-order valence-corrected chi connectivity index (χ4v) is 4.92. The number of fused-ring (bicyclic) bond motifs is 1. The van der Waals surface area contributed by atoms with Gasteiger partial charge in [0.1, 0.15) is 11.1 Å². The molecule has 1 atom stereocenters. The van der Waals surface area contributed by atoms with Gasteiger partial charge in [0.2, 0.25) is 0 Å². The van der Waals surface area contributed by atoms with Crippen LogP contribution in [0.25, 0.3) is 10.8 Å². The molecule has 0 aliphatic carbocycles. The molecule has 1 saturated heterocycles. The molecule has 5 heteroatoms. The van der Waals surface area contributed by atoms with Crippen molar-refractivity contribution in [3.05, 3.63) is 64.0 Å². The first-order valence-corrected chi connectivity index (χ1v) is 9.88. The molecule has 1 aromatic heterocycles. The van der Waals surface area contributed by atoms with Crippen LogP contribution in [0.5, 0.6) is 0 Å². The van der Waals surface area contributed by atoms with Gasteiger partial charge in [-0.1, -0.05) is 49.4 Å². The molecule has 0 saturated carbocycles. The molecule has 27 heavy (non-hydrogen) atoms. The number of carbonyl (C=O) groups is 1. The molecule has 1 aliphatic heterocycles. The Balaban J connectivity index is 1.80. The predicted molar refractivity (Wildman–Crippen MR) is 109 cm³/mol. The number of benzene rings is 2. The van der Waals surface area contributed by atoms with E-state index in [1.807, 2.05) is 12.1 Å². The summed E-state index contributed by atoms with van der Waals surface area (Å²) in [6, 6.07) is 16.9. The number of ether oxygens (including phenoxy) is 1. The van der Waals surface area contributed by atoms with Crippen LogP contribution in [0, 0.1) is 11.3 Å². The minimum absolute atomic E-state index is 0.0319. The van der Waals surface area contributed by atoms with Crippen molar-refractivity contribution < 1.29 is 9.53 Å². The Labute approximate surface area is 162 Å². The maximum absolute atomic E-state index is 11.8. The van der Waals surface area contributed by atoms with Gasteiger partial charge in [-0.2, -0.15) is 5.26 Å². The Kier molecular flexibility index (Phi) is 4.93. The first-order chi connectivity index (χ1) is 13.2. The van der Waals surface area contributed by atoms with E-state index in [0.717, 1.165) is 40.9 Å². The van der Waals surface area contributed by atoms with Gasteiger partial charge in [0.05, 0.1) is 23.7 Å². The highest BCUT2D eigenvalue weighted by molar-refractivity contribution is 7.18. The van der Waals surface area contributed by atoms with E-state index in [2.05, 4.69) is 48.2 Å². The molecule has 2 aromatic carbocycles. The number of nitriles is 1. The van der Waals surface area contributed by atoms with Crippen LogP contribution in [0.1, 0.15) is 39.2 Å². The largest absolute Gasteiger partial charge is 0.378 e. The third-order valence-electron chi connectivity index (χ3n) is 5.18. The molecule has 1 fully saturated rings. The zero-order chi connectivity index (χ0) is 18.8. The van der Waals surface area contributed by atoms with Gasteiger partial charge >= 0.3 is 0 Å². The van der Waals surface area contributed by atoms with Crippen molar-refractivity contribution in [2.45, 2.75) is 12.8 Å². The summed E-state index contributed by atoms with van der Waals surface area (Å²) in [4.78, 5) is 14.6. The Bertz CT molecular complexity index is 1030. The fraction of sp³-hybridized carbons (Fsp3) is 0.273. The SMILES string of the molecule is CC(c1ccc2ccccc2c1)c1c(C=O)sc(N2CCOCC2)c1C#N. The van der Waals surface area contributed by atoms with Crippen molar-refractivity contribution in [2.24, 2.45) is 0 Å². The van der Waals surface area contributed by atoms with Crippen molar-refractivity contribution in [1.29, 1.82) is 5.26 Å². The van der Waals surface area contributed by atoms with Gasteiger partial charge in [-0.25, -0.2) is 0 Å². The van der Waals surface area contributed by atoms with Gasteiger partial charge in [-0.05, 0) is 16.3 Å². The van der Waals surface area contributed by atoms with Gasteiger partial charge in [0.15, 0.2) is 6.29 Å². The number of rotatable bonds is 4. The standard InChI is InChI=1S/C22H20N2O2S/c1-15(17-7-6-16-4-2-3-5-18(16)12-17)21-19(13-23)22(27-20(21)14-25)24-8-10-26-11-9-24/h2-7,12,14-15H,8-11H2,1H3. The third-order valence-corrected chi connectivity index (χ3v) is 6.37. The number of anilines is 1. The van der Waals surface area contributed by atoms with E-state index in [4.69, 9.17) is 4.74 Å². The molecule has 0 spiro atoms. The van der Waals surface area contributed by atoms with Crippen LogP contribution in [0.2, 0.25) is 0 Å². The predicted octanol–water partition coefficient (Wildman–Crippen LogP) is 4.57. The number of hydrogen-bond donors (Lipinski definition) is 0. The summed E-state index contributed by atoms with van der Waals surface area (Å²) in [5.41, 5.74) is 2.58. The lowest BCUT2D eigenvalue weighted by atomic mass is 9.89. The average Bonchev–Trinajstić information content (AvgIpc) is 3.12. The van der Waals surface area contributed by atoms with E-state index < -0.39 is 0 Å². The molecule has 0 N–H and O–H groups in total. The number of nitrogens with zero attached hydrogens (tertiary/aromatic N) is 2. The summed E-state index contributed by atoms with van der Waals surface area (Å²) in [5.74, 6) is -0.0319. The Morgan fingerprint density at radius 2 is 1.93 bits per heavy atom. The minimum atomic E-state index is -0.0319. The summed E-state index contributed by atoms with van der Waals surface area (Å²) < 4.78 is 5.43. The third kappa shape index (κ3) is 3.23. The van der Waals surface area contributed by atoms with Crippen molar-refractivity contribution >= 4 is 33.4 Å². The molecule has 0 amide bonds. The summed E-state index contributed by atoms with van der Waals surface area (Å²) in [6.07, 6.45) is 0.891. The van der Waals surface area contributed by atoms with Crippen molar-refractivity contribution in [3.8, 4) is 6.07 Å². The lowest BCUT2D eigenvalue weighted by Crippen LogP contribution is -2.36. The van der Waals surface area contributed by atoms with Gasteiger partial charge in [-0.15, -0.1) is 11.3 Å². The highest BCUT2D eigenvalue weighted by atomic mass is 32.1. The second-order valence-corrected chi connectivity index (χ2v) is 7.75. The van der Waals surface area contributed by atoms with E-state index in [1.54, 1.807) is 0 Å². The number of thiophene rings is 1. The van der Waals surface area contributed by atoms with Gasteiger partial charge < -0.3 is 9.64 Å². The molecule has 0 bridgehead atoms. The summed E-state index contributed by atoms with van der Waals surface area (Å²) in [5, 5.41) is 13.1. The normalized spacial score (nSPS) is 15.5. The van der Waals surface area contributed by atoms with Crippen LogP contribution in [0.3, 0.4) is 0 Å². The van der Waals surface area contributed by atoms with Crippen LogP contribution in [0.4, 0.5) is 5.00 Å². The molecule has 4 rings (SSSR count). The zero-order valence-electron chi connectivity index (χ0n) is 15.1. The molecule has 1 unspecified atom stereocenters. The van der Waals surface area contributed by atoms with E-state index in [0.29, 0.717) is 23.7 Å². The van der Waals surface area contributed by atoms with E-state index in [-0.39, 0.29) is 5.92 Å². The molecule has 2 heterocycles. The lowest BCUT2D eigenvalue weighted by Gasteiger charge is -2.27. The monoisotopic (exact) mass is 376 g/mol. The van der Waals surface area contributed by atoms with Crippen molar-refractivity contribution in [2.75, 3.05) is 31.2 Å². The minimum Gasteiger partial charge on any atom is -0.378 e. The first-order valence-electron chi connectivity index (χ1n) is 9.06. The van der Waals surface area contributed by atoms with E-state index >= 15 is 0 Å². The van der Waals surface area contributed by atoms with Gasteiger partial charge in [-0.3, -0.25) is 4.79 Å². The summed E-state index contributed by atoms with van der Waals surface area (Å²) in [6.45, 7) is 4.86. The molecule has 136 valence electrons. The molecule has 4 nitrogen and oxygen atoms in total. The topological polar surface area (TPSA) is 53.3 Å². The fourth-order valence-electron chi connectivity index (χ4n) is 3.71. The Morgan fingerprint density at radius 3 is 2.63 bits per heavy atom. The molecular formula is C22H20N2O2S. The summed E-state index contributed by atoms with van der Waals surface area (Å²) in [7, 11) is 0. The average molecular weight is 376 g/mol. The second-order valence-electron chi connectivity index (χ2n) is 6.72. The second kappa shape index (κ2) is 7.51. The van der Waals surface area contributed by atoms with Crippen molar-refractivity contribution in [3.63, 3.8) is 0 Å². The maximum Gasteiger partial charge on any atom is 0.160 e. The van der Waals surface area contributed by atoms with Crippen LogP contribution in [-0.2, 0) is 4.74 Å². The number of carbonyl (C=O) groups excluding carboxylic acids is 1. The van der Waals surface area contributed by atoms with Gasteiger partial charge in [0, 0.05) is 24.6 Å². The molecule has 3 aromatic rings. The number of aldehydes is 1. The number of morpholine rings is 1. The van der Waals surface area contributed by atoms with Crippen LogP contribution in [0.15, 0.2) is 42.5 Å².